The lowest BCUT2D eigenvalue weighted by atomic mass is 9.96. The van der Waals surface area contributed by atoms with Crippen LogP contribution < -0.4 is 5.32 Å². The Morgan fingerprint density at radius 2 is 1.82 bits per heavy atom. The van der Waals surface area contributed by atoms with Crippen LogP contribution in [-0.2, 0) is 15.4 Å². The van der Waals surface area contributed by atoms with E-state index in [0.29, 0.717) is 22.5 Å². The van der Waals surface area contributed by atoms with Crippen molar-refractivity contribution in [1.29, 1.82) is 0 Å². The van der Waals surface area contributed by atoms with Gasteiger partial charge in [0.05, 0.1) is 17.3 Å². The molecule has 3 rings (SSSR count). The molecule has 1 N–H and O–H groups in total. The van der Waals surface area contributed by atoms with Crippen molar-refractivity contribution in [3.8, 4) is 0 Å². The summed E-state index contributed by atoms with van der Waals surface area (Å²) >= 11 is 1.16. The van der Waals surface area contributed by atoms with Gasteiger partial charge >= 0.3 is 0 Å². The molecule has 0 saturated carbocycles. The SMILES string of the molecule is CN1CCN(SC(=O)Nc2ccc3nc(C(C)(C)C)n(S(C)(=O)=O)c3c2)CC1. The number of aromatic nitrogens is 2. The lowest BCUT2D eigenvalue weighted by Crippen LogP contribution is -2.41. The number of fused-ring (bicyclic) bond motifs is 1. The van der Waals surface area contributed by atoms with E-state index in [9.17, 15) is 13.2 Å². The van der Waals surface area contributed by atoms with E-state index >= 15 is 0 Å². The van der Waals surface area contributed by atoms with Gasteiger partial charge in [0.2, 0.25) is 10.0 Å². The van der Waals surface area contributed by atoms with Gasteiger partial charge in [-0.05, 0) is 25.2 Å². The monoisotopic (exact) mass is 425 g/mol. The Kier molecular flexibility index (Phi) is 5.77. The molecule has 0 bridgehead atoms. The summed E-state index contributed by atoms with van der Waals surface area (Å²) < 4.78 is 28.1. The first-order valence-corrected chi connectivity index (χ1v) is 11.7. The van der Waals surface area contributed by atoms with Crippen LogP contribution >= 0.6 is 11.9 Å². The summed E-state index contributed by atoms with van der Waals surface area (Å²) in [5.74, 6) is 0.472. The van der Waals surface area contributed by atoms with Crippen LogP contribution in [0.3, 0.4) is 0 Å². The van der Waals surface area contributed by atoms with Crippen LogP contribution in [0.1, 0.15) is 26.6 Å². The molecule has 1 aliphatic heterocycles. The van der Waals surface area contributed by atoms with Crippen LogP contribution in [0.4, 0.5) is 10.5 Å². The highest BCUT2D eigenvalue weighted by atomic mass is 32.2. The lowest BCUT2D eigenvalue weighted by Gasteiger charge is -2.30. The zero-order valence-corrected chi connectivity index (χ0v) is 18.5. The summed E-state index contributed by atoms with van der Waals surface area (Å²) in [6, 6.07) is 5.15. The molecule has 1 fully saturated rings. The van der Waals surface area contributed by atoms with Crippen LogP contribution in [0, 0.1) is 0 Å². The van der Waals surface area contributed by atoms with Crippen molar-refractivity contribution in [3.05, 3.63) is 24.0 Å². The largest absolute Gasteiger partial charge is 0.316 e. The molecule has 1 amide bonds. The zero-order valence-electron chi connectivity index (χ0n) is 16.9. The Balaban J connectivity index is 1.86. The fourth-order valence-electron chi connectivity index (χ4n) is 3.08. The van der Waals surface area contributed by atoms with E-state index in [1.165, 1.54) is 3.97 Å². The van der Waals surface area contributed by atoms with Crippen molar-refractivity contribution in [1.82, 2.24) is 18.2 Å². The van der Waals surface area contributed by atoms with Crippen LogP contribution in [0.15, 0.2) is 18.2 Å². The van der Waals surface area contributed by atoms with E-state index in [2.05, 4.69) is 22.2 Å². The first kappa shape index (κ1) is 21.1. The third-order valence-corrected chi connectivity index (χ3v) is 6.46. The predicted octanol–water partition coefficient (Wildman–Crippen LogP) is 2.57. The maximum atomic E-state index is 12.4. The van der Waals surface area contributed by atoms with Gasteiger partial charge in [-0.25, -0.2) is 21.7 Å². The van der Waals surface area contributed by atoms with Crippen LogP contribution in [0.2, 0.25) is 0 Å². The number of hydrogen-bond acceptors (Lipinski definition) is 7. The number of nitrogens with one attached hydrogen (secondary N) is 1. The number of piperazine rings is 1. The van der Waals surface area contributed by atoms with E-state index in [1.807, 2.05) is 25.1 Å². The normalized spacial score (nSPS) is 17.2. The van der Waals surface area contributed by atoms with Crippen LogP contribution in [-0.4, -0.2) is 71.3 Å². The molecule has 1 aliphatic rings. The first-order chi connectivity index (χ1) is 12.9. The highest BCUT2D eigenvalue weighted by molar-refractivity contribution is 8.11. The lowest BCUT2D eigenvalue weighted by molar-refractivity contribution is 0.232. The topological polar surface area (TPSA) is 87.5 Å². The fraction of sp³-hybridized carbons (Fsp3) is 0.556. The molecule has 8 nitrogen and oxygen atoms in total. The molecule has 10 heteroatoms. The molecule has 1 saturated heterocycles. The molecule has 0 unspecified atom stereocenters. The van der Waals surface area contributed by atoms with Gasteiger partial charge in [-0.3, -0.25) is 4.79 Å². The maximum Gasteiger partial charge on any atom is 0.298 e. The number of likely N-dealkylation sites (N-methyl/N-ethyl adjacent to an activating group) is 1. The first-order valence-electron chi connectivity index (χ1n) is 9.11. The second kappa shape index (κ2) is 7.66. The van der Waals surface area contributed by atoms with Gasteiger partial charge in [0.25, 0.3) is 5.24 Å². The van der Waals surface area contributed by atoms with Gasteiger partial charge in [-0.2, -0.15) is 0 Å². The molecule has 0 radical (unpaired) electrons. The van der Waals surface area contributed by atoms with Gasteiger partial charge < -0.3 is 10.2 Å². The summed E-state index contributed by atoms with van der Waals surface area (Å²) in [7, 11) is -1.49. The maximum absolute atomic E-state index is 12.4. The summed E-state index contributed by atoms with van der Waals surface area (Å²) in [4.78, 5) is 19.1. The summed E-state index contributed by atoms with van der Waals surface area (Å²) in [6.45, 7) is 9.26. The van der Waals surface area contributed by atoms with Crippen LogP contribution in [0.5, 0.6) is 0 Å². The third-order valence-electron chi connectivity index (χ3n) is 4.54. The molecular weight excluding hydrogens is 398 g/mol. The summed E-state index contributed by atoms with van der Waals surface area (Å²) in [5, 5.41) is 2.66. The Morgan fingerprint density at radius 3 is 2.39 bits per heavy atom. The van der Waals surface area contributed by atoms with E-state index in [-0.39, 0.29) is 5.24 Å². The number of nitrogens with zero attached hydrogens (tertiary/aromatic N) is 4. The Hall–Kier alpha value is -1.62. The number of imidazole rings is 1. The van der Waals surface area contributed by atoms with Gasteiger partial charge in [-0.15, -0.1) is 0 Å². The Bertz CT molecular complexity index is 987. The minimum atomic E-state index is -3.55. The number of amides is 1. The van der Waals surface area contributed by atoms with Crippen LogP contribution in [0.25, 0.3) is 11.0 Å². The highest BCUT2D eigenvalue weighted by Gasteiger charge is 2.27. The molecule has 154 valence electrons. The smallest absolute Gasteiger partial charge is 0.298 e. The van der Waals surface area contributed by atoms with Gasteiger partial charge in [-0.1, -0.05) is 20.8 Å². The molecule has 0 spiro atoms. The minimum absolute atomic E-state index is 0.189. The summed E-state index contributed by atoms with van der Waals surface area (Å²) in [6.07, 6.45) is 1.16. The van der Waals surface area contributed by atoms with Crippen molar-refractivity contribution in [2.75, 3.05) is 44.8 Å². The second-order valence-electron chi connectivity index (χ2n) is 8.15. The number of benzene rings is 1. The van der Waals surface area contributed by atoms with E-state index < -0.39 is 15.4 Å². The van der Waals surface area contributed by atoms with Crippen molar-refractivity contribution in [2.24, 2.45) is 0 Å². The van der Waals surface area contributed by atoms with E-state index in [0.717, 1.165) is 44.4 Å². The van der Waals surface area contributed by atoms with Crippen molar-refractivity contribution in [3.63, 3.8) is 0 Å². The molecular formula is C18H27N5O3S2. The van der Waals surface area contributed by atoms with Crippen molar-refractivity contribution >= 4 is 43.9 Å². The predicted molar refractivity (Wildman–Crippen MR) is 114 cm³/mol. The molecule has 1 aromatic heterocycles. The number of anilines is 1. The average molecular weight is 426 g/mol. The quantitative estimate of drug-likeness (QED) is 0.756. The number of rotatable bonds is 3. The molecule has 2 aromatic rings. The number of carbonyl (C=O) groups is 1. The number of carbonyl (C=O) groups excluding carboxylic acids is 1. The van der Waals surface area contributed by atoms with E-state index in [1.54, 1.807) is 18.2 Å². The summed E-state index contributed by atoms with van der Waals surface area (Å²) in [5.41, 5.74) is 1.15. The van der Waals surface area contributed by atoms with Gasteiger partial charge in [0, 0.05) is 49.2 Å². The number of hydrogen-bond donors (Lipinski definition) is 1. The minimum Gasteiger partial charge on any atom is -0.316 e. The Morgan fingerprint density at radius 1 is 1.18 bits per heavy atom. The van der Waals surface area contributed by atoms with E-state index in [4.69, 9.17) is 0 Å². The fourth-order valence-corrected chi connectivity index (χ4v) is 4.95. The molecule has 0 aliphatic carbocycles. The Labute approximate surface area is 170 Å². The van der Waals surface area contributed by atoms with Gasteiger partial charge in [0.15, 0.2) is 0 Å². The van der Waals surface area contributed by atoms with Crippen molar-refractivity contribution < 1.29 is 13.2 Å². The second-order valence-corrected chi connectivity index (χ2v) is 11.1. The average Bonchev–Trinajstić information content (AvgIpc) is 2.96. The van der Waals surface area contributed by atoms with Crippen molar-refractivity contribution in [2.45, 2.75) is 26.2 Å². The molecule has 0 atom stereocenters. The standard InChI is InChI=1S/C18H27N5O3S2/c1-18(2,3)16-20-14-7-6-13(12-15(14)23(16)28(5,25)26)19-17(24)27-22-10-8-21(4)9-11-22/h6-7,12H,8-11H2,1-5H3,(H,19,24). The molecule has 2 heterocycles. The zero-order chi connectivity index (χ0) is 20.7. The molecule has 28 heavy (non-hydrogen) atoms. The van der Waals surface area contributed by atoms with Gasteiger partial charge in [0.1, 0.15) is 5.82 Å². The third kappa shape index (κ3) is 4.68. The highest BCUT2D eigenvalue weighted by Crippen LogP contribution is 2.29. The molecule has 1 aromatic carbocycles.